The highest BCUT2D eigenvalue weighted by Crippen LogP contribution is 2.29. The van der Waals surface area contributed by atoms with E-state index in [1.54, 1.807) is 0 Å². The third kappa shape index (κ3) is 5.51. The topological polar surface area (TPSA) is 78.5 Å². The molecule has 0 spiro atoms. The van der Waals surface area contributed by atoms with E-state index in [2.05, 4.69) is 80.2 Å². The summed E-state index contributed by atoms with van der Waals surface area (Å²) in [5, 5.41) is 9.21. The van der Waals surface area contributed by atoms with Crippen LogP contribution in [-0.2, 0) is 0 Å². The van der Waals surface area contributed by atoms with Gasteiger partial charge in [-0.1, -0.05) is 36.4 Å². The van der Waals surface area contributed by atoms with Crippen molar-refractivity contribution < 1.29 is 0 Å². The third-order valence-corrected chi connectivity index (χ3v) is 6.50. The number of fused-ring (bicyclic) bond motifs is 3. The van der Waals surface area contributed by atoms with Gasteiger partial charge in [0, 0.05) is 51.5 Å². The summed E-state index contributed by atoms with van der Waals surface area (Å²) in [5.41, 5.74) is 8.89. The van der Waals surface area contributed by atoms with Crippen LogP contribution in [-0.4, -0.2) is 19.9 Å². The van der Waals surface area contributed by atoms with Gasteiger partial charge in [0.15, 0.2) is 0 Å². The first-order chi connectivity index (χ1) is 18.3. The van der Waals surface area contributed by atoms with Gasteiger partial charge in [-0.3, -0.25) is 9.97 Å². The number of H-pyrrole nitrogens is 1. The highest BCUT2D eigenvalue weighted by Gasteiger charge is 2.09. The van der Waals surface area contributed by atoms with E-state index in [-0.39, 0.29) is 37.2 Å². The van der Waals surface area contributed by atoms with E-state index in [1.165, 1.54) is 0 Å². The predicted octanol–water partition coefficient (Wildman–Crippen LogP) is 9.08. The average Bonchev–Trinajstić information content (AvgIpc) is 3.37. The Morgan fingerprint density at radius 2 is 1.07 bits per heavy atom. The van der Waals surface area contributed by atoms with Crippen LogP contribution in [0.15, 0.2) is 116 Å². The summed E-state index contributed by atoms with van der Waals surface area (Å²) in [6, 6.07) is 34.7. The molecule has 3 heterocycles. The number of halogens is 3. The Labute approximate surface area is 249 Å². The van der Waals surface area contributed by atoms with Crippen molar-refractivity contribution in [3.63, 3.8) is 0 Å². The van der Waals surface area contributed by atoms with Gasteiger partial charge in [0.2, 0.25) is 0 Å². The fourth-order valence-electron chi connectivity index (χ4n) is 4.65. The molecule has 0 amide bonds. The second kappa shape index (κ2) is 12.2. The van der Waals surface area contributed by atoms with Crippen molar-refractivity contribution in [2.24, 2.45) is 0 Å². The van der Waals surface area contributed by atoms with Gasteiger partial charge in [-0.05, 0) is 66.7 Å². The van der Waals surface area contributed by atoms with Gasteiger partial charge in [0.05, 0.1) is 22.1 Å². The van der Waals surface area contributed by atoms with Crippen LogP contribution < -0.4 is 10.6 Å². The molecule has 7 aromatic rings. The van der Waals surface area contributed by atoms with Gasteiger partial charge >= 0.3 is 0 Å². The number of rotatable bonds is 5. The molecule has 6 nitrogen and oxygen atoms in total. The molecule has 0 aliphatic rings. The SMILES string of the molecule is Cl.Cl.Cl.c1ccc2c(Nc3ccc(-c4nc5cc(Nc6ccnc7ccccc67)ccc5[nH]4)cc3)ccnc2c1. The quantitative estimate of drug-likeness (QED) is 0.187. The molecule has 200 valence electrons. The monoisotopic (exact) mass is 586 g/mol. The van der Waals surface area contributed by atoms with Crippen LogP contribution in [0.25, 0.3) is 44.2 Å². The molecular weight excluding hydrogens is 563 g/mol. The number of nitrogens with zero attached hydrogens (tertiary/aromatic N) is 3. The van der Waals surface area contributed by atoms with Crippen molar-refractivity contribution in [2.45, 2.75) is 0 Å². The van der Waals surface area contributed by atoms with E-state index < -0.39 is 0 Å². The fourth-order valence-corrected chi connectivity index (χ4v) is 4.65. The molecule has 9 heteroatoms. The normalized spacial score (nSPS) is 10.4. The summed E-state index contributed by atoms with van der Waals surface area (Å²) in [7, 11) is 0. The zero-order valence-electron chi connectivity index (χ0n) is 21.0. The molecule has 0 atom stereocenters. The summed E-state index contributed by atoms with van der Waals surface area (Å²) in [5.74, 6) is 0.836. The van der Waals surface area contributed by atoms with E-state index in [1.807, 2.05) is 60.9 Å². The Kier molecular flexibility index (Phi) is 8.75. The van der Waals surface area contributed by atoms with Crippen LogP contribution in [0.5, 0.6) is 0 Å². The molecule has 0 saturated heterocycles. The third-order valence-electron chi connectivity index (χ3n) is 6.50. The Hall–Kier alpha value is -4.36. The van der Waals surface area contributed by atoms with Crippen molar-refractivity contribution in [1.82, 2.24) is 19.9 Å². The van der Waals surface area contributed by atoms with Crippen molar-refractivity contribution in [3.8, 4) is 11.4 Å². The number of hydrogen-bond donors (Lipinski definition) is 3. The summed E-state index contributed by atoms with van der Waals surface area (Å²) >= 11 is 0. The van der Waals surface area contributed by atoms with Crippen LogP contribution >= 0.6 is 37.2 Å². The average molecular weight is 588 g/mol. The zero-order chi connectivity index (χ0) is 24.6. The van der Waals surface area contributed by atoms with E-state index in [0.29, 0.717) is 0 Å². The molecule has 0 unspecified atom stereocenters. The molecule has 3 aromatic heterocycles. The van der Waals surface area contributed by atoms with Gasteiger partial charge in [0.25, 0.3) is 0 Å². The standard InChI is InChI=1S/C31H22N6.3ClH/c1-3-7-25-23(5-1)27(15-17-32-25)34-21-11-9-20(10-12-21)31-36-29-14-13-22(19-30(29)37-31)35-28-16-18-33-26-8-4-2-6-24(26)28;;;/h1-19H,(H,32,34)(H,33,35)(H,36,37);3*1H. The lowest BCUT2D eigenvalue weighted by atomic mass is 10.1. The minimum atomic E-state index is 0. The molecule has 0 radical (unpaired) electrons. The predicted molar refractivity (Wildman–Crippen MR) is 173 cm³/mol. The fraction of sp³-hybridized carbons (Fsp3) is 0. The number of pyridine rings is 2. The Morgan fingerprint density at radius 1 is 0.525 bits per heavy atom. The summed E-state index contributed by atoms with van der Waals surface area (Å²) < 4.78 is 0. The number of aromatic amines is 1. The van der Waals surface area contributed by atoms with Gasteiger partial charge in [0.1, 0.15) is 5.82 Å². The maximum atomic E-state index is 4.87. The Morgan fingerprint density at radius 3 is 1.70 bits per heavy atom. The second-order valence-electron chi connectivity index (χ2n) is 8.90. The number of para-hydroxylation sites is 2. The lowest BCUT2D eigenvalue weighted by molar-refractivity contribution is 1.33. The number of anilines is 4. The number of nitrogens with one attached hydrogen (secondary N) is 3. The minimum Gasteiger partial charge on any atom is -0.355 e. The van der Waals surface area contributed by atoms with Crippen LogP contribution in [0, 0.1) is 0 Å². The van der Waals surface area contributed by atoms with Crippen molar-refractivity contribution in [1.29, 1.82) is 0 Å². The summed E-state index contributed by atoms with van der Waals surface area (Å²) in [4.78, 5) is 17.2. The molecule has 0 bridgehead atoms. The zero-order valence-corrected chi connectivity index (χ0v) is 23.5. The number of benzene rings is 4. The first-order valence-electron chi connectivity index (χ1n) is 12.1. The van der Waals surface area contributed by atoms with Crippen LogP contribution in [0.2, 0.25) is 0 Å². The van der Waals surface area contributed by atoms with Gasteiger partial charge < -0.3 is 15.6 Å². The first kappa shape index (κ1) is 28.6. The Bertz CT molecular complexity index is 1890. The Balaban J connectivity index is 0.00000123. The summed E-state index contributed by atoms with van der Waals surface area (Å²) in [6.07, 6.45) is 3.65. The number of imidazole rings is 1. The van der Waals surface area contributed by atoms with E-state index in [9.17, 15) is 0 Å². The first-order valence-corrected chi connectivity index (χ1v) is 12.1. The lowest BCUT2D eigenvalue weighted by Gasteiger charge is -2.09. The maximum Gasteiger partial charge on any atom is 0.138 e. The summed E-state index contributed by atoms with van der Waals surface area (Å²) in [6.45, 7) is 0. The van der Waals surface area contributed by atoms with E-state index in [4.69, 9.17) is 4.98 Å². The second-order valence-corrected chi connectivity index (χ2v) is 8.90. The maximum absolute atomic E-state index is 4.87. The van der Waals surface area contributed by atoms with Crippen LogP contribution in [0.3, 0.4) is 0 Å². The highest BCUT2D eigenvalue weighted by molar-refractivity contribution is 5.94. The molecule has 7 rings (SSSR count). The van der Waals surface area contributed by atoms with E-state index >= 15 is 0 Å². The largest absolute Gasteiger partial charge is 0.355 e. The van der Waals surface area contributed by atoms with Crippen LogP contribution in [0.4, 0.5) is 22.7 Å². The van der Waals surface area contributed by atoms with Crippen molar-refractivity contribution in [2.75, 3.05) is 10.6 Å². The van der Waals surface area contributed by atoms with Gasteiger partial charge in [-0.2, -0.15) is 0 Å². The number of hydrogen-bond acceptors (Lipinski definition) is 5. The van der Waals surface area contributed by atoms with Crippen LogP contribution in [0.1, 0.15) is 0 Å². The highest BCUT2D eigenvalue weighted by atomic mass is 35.5. The molecule has 4 aromatic carbocycles. The number of aromatic nitrogens is 4. The van der Waals surface area contributed by atoms with Crippen molar-refractivity contribution in [3.05, 3.63) is 116 Å². The molecule has 0 fully saturated rings. The molecule has 3 N–H and O–H groups in total. The molecule has 40 heavy (non-hydrogen) atoms. The molecular formula is C31H25Cl3N6. The molecule has 0 aliphatic carbocycles. The minimum absolute atomic E-state index is 0. The van der Waals surface area contributed by atoms with E-state index in [0.717, 1.165) is 67.0 Å². The lowest BCUT2D eigenvalue weighted by Crippen LogP contribution is -1.92. The van der Waals surface area contributed by atoms with Crippen molar-refractivity contribution >= 4 is 92.8 Å². The molecule has 0 aliphatic heterocycles. The smallest absolute Gasteiger partial charge is 0.138 e. The van der Waals surface area contributed by atoms with Gasteiger partial charge in [-0.15, -0.1) is 37.2 Å². The van der Waals surface area contributed by atoms with Gasteiger partial charge in [-0.25, -0.2) is 4.98 Å². The molecule has 0 saturated carbocycles.